The first-order valence-electron chi connectivity index (χ1n) is 7.19. The maximum absolute atomic E-state index is 5.46. The molecule has 2 aliphatic rings. The lowest BCUT2D eigenvalue weighted by molar-refractivity contribution is 0.254. The molecule has 104 valence electrons. The van der Waals surface area contributed by atoms with Crippen LogP contribution in [0, 0.1) is 0 Å². The Hall–Kier alpha value is -1.36. The van der Waals surface area contributed by atoms with Crippen molar-refractivity contribution in [1.29, 1.82) is 0 Å². The number of anilines is 1. The Kier molecular flexibility index (Phi) is 3.55. The average molecular weight is 262 g/mol. The van der Waals surface area contributed by atoms with Gasteiger partial charge < -0.3 is 9.64 Å². The zero-order valence-electron chi connectivity index (χ0n) is 11.7. The van der Waals surface area contributed by atoms with Crippen LogP contribution in [0.3, 0.4) is 0 Å². The van der Waals surface area contributed by atoms with Gasteiger partial charge in [-0.2, -0.15) is 0 Å². The van der Waals surface area contributed by atoms with E-state index in [1.807, 2.05) is 13.0 Å². The molecule has 5 nitrogen and oxygen atoms in total. The molecule has 1 aromatic heterocycles. The summed E-state index contributed by atoms with van der Waals surface area (Å²) in [5.74, 6) is 1.68. The number of likely N-dealkylation sites (N-methyl/N-ethyl adjacent to an activating group) is 1. The number of rotatable bonds is 3. The highest BCUT2D eigenvalue weighted by atomic mass is 16.5. The molecule has 0 aromatic carbocycles. The minimum Gasteiger partial charge on any atom is -0.478 e. The Morgan fingerprint density at radius 1 is 1.26 bits per heavy atom. The maximum atomic E-state index is 5.46. The quantitative estimate of drug-likeness (QED) is 0.826. The molecule has 0 spiro atoms. The molecule has 0 radical (unpaired) electrons. The summed E-state index contributed by atoms with van der Waals surface area (Å²) in [5.41, 5.74) is 0. The summed E-state index contributed by atoms with van der Waals surface area (Å²) < 4.78 is 5.46. The van der Waals surface area contributed by atoms with Gasteiger partial charge >= 0.3 is 0 Å². The Balaban J connectivity index is 1.77. The fraction of sp³-hybridized carbons (Fsp3) is 0.714. The van der Waals surface area contributed by atoms with E-state index in [4.69, 9.17) is 4.74 Å². The van der Waals surface area contributed by atoms with Crippen LogP contribution in [-0.2, 0) is 0 Å². The maximum Gasteiger partial charge on any atom is 0.218 e. The second kappa shape index (κ2) is 5.33. The predicted octanol–water partition coefficient (Wildman–Crippen LogP) is 1.55. The fourth-order valence-electron chi connectivity index (χ4n) is 3.25. The fourth-order valence-corrected chi connectivity index (χ4v) is 3.25. The predicted molar refractivity (Wildman–Crippen MR) is 74.6 cm³/mol. The lowest BCUT2D eigenvalue weighted by Crippen LogP contribution is -2.37. The molecule has 2 bridgehead atoms. The highest BCUT2D eigenvalue weighted by Crippen LogP contribution is 2.30. The van der Waals surface area contributed by atoms with Gasteiger partial charge in [0.25, 0.3) is 0 Å². The third-order valence-corrected chi connectivity index (χ3v) is 4.39. The molecule has 2 aliphatic heterocycles. The summed E-state index contributed by atoms with van der Waals surface area (Å²) in [6.45, 7) is 4.76. The summed E-state index contributed by atoms with van der Waals surface area (Å²) in [6.07, 6.45) is 5.48. The monoisotopic (exact) mass is 262 g/mol. The van der Waals surface area contributed by atoms with Gasteiger partial charge in [-0.3, -0.25) is 4.90 Å². The largest absolute Gasteiger partial charge is 0.478 e. The van der Waals surface area contributed by atoms with Crippen molar-refractivity contribution in [2.45, 2.75) is 38.3 Å². The van der Waals surface area contributed by atoms with E-state index < -0.39 is 0 Å². The van der Waals surface area contributed by atoms with Crippen LogP contribution in [0.2, 0.25) is 0 Å². The van der Waals surface area contributed by atoms with Gasteiger partial charge in [0, 0.05) is 31.2 Å². The van der Waals surface area contributed by atoms with Gasteiger partial charge in [-0.15, -0.1) is 0 Å². The van der Waals surface area contributed by atoms with Crippen molar-refractivity contribution in [3.63, 3.8) is 0 Å². The van der Waals surface area contributed by atoms with E-state index in [1.54, 1.807) is 6.33 Å². The van der Waals surface area contributed by atoms with Gasteiger partial charge in [0.1, 0.15) is 12.1 Å². The molecule has 0 N–H and O–H groups in total. The number of ether oxygens (including phenoxy) is 1. The van der Waals surface area contributed by atoms with Crippen molar-refractivity contribution in [2.75, 3.05) is 31.6 Å². The first-order valence-corrected chi connectivity index (χ1v) is 7.19. The smallest absolute Gasteiger partial charge is 0.218 e. The molecule has 0 amide bonds. The van der Waals surface area contributed by atoms with Gasteiger partial charge in [0.15, 0.2) is 0 Å². The molecule has 19 heavy (non-hydrogen) atoms. The third-order valence-electron chi connectivity index (χ3n) is 4.39. The summed E-state index contributed by atoms with van der Waals surface area (Å²) >= 11 is 0. The average Bonchev–Trinajstić information content (AvgIpc) is 2.64. The highest BCUT2D eigenvalue weighted by molar-refractivity contribution is 5.41. The number of fused-ring (bicyclic) bond motifs is 2. The van der Waals surface area contributed by atoms with E-state index in [2.05, 4.69) is 26.8 Å². The Bertz CT molecular complexity index is 439. The summed E-state index contributed by atoms with van der Waals surface area (Å²) in [6, 6.07) is 3.38. The Labute approximate surface area is 114 Å². The number of nitrogens with zero attached hydrogens (tertiary/aromatic N) is 4. The van der Waals surface area contributed by atoms with E-state index >= 15 is 0 Å². The molecule has 1 aromatic rings. The first-order chi connectivity index (χ1) is 9.28. The standard InChI is InChI=1S/C14H22N4O/c1-3-19-14-8-13(15-10-16-14)18-7-6-11-4-5-12(9-18)17(11)2/h8,10-12H,3-7,9H2,1-2H3. The Morgan fingerprint density at radius 3 is 2.95 bits per heavy atom. The highest BCUT2D eigenvalue weighted by Gasteiger charge is 2.34. The normalized spacial score (nSPS) is 27.4. The SMILES string of the molecule is CCOc1cc(N2CCC3CCC(C2)N3C)ncn1. The lowest BCUT2D eigenvalue weighted by Gasteiger charge is -2.26. The van der Waals surface area contributed by atoms with Crippen molar-refractivity contribution in [2.24, 2.45) is 0 Å². The van der Waals surface area contributed by atoms with E-state index in [9.17, 15) is 0 Å². The van der Waals surface area contributed by atoms with E-state index in [1.165, 1.54) is 19.3 Å². The summed E-state index contributed by atoms with van der Waals surface area (Å²) in [4.78, 5) is 13.5. The van der Waals surface area contributed by atoms with Crippen LogP contribution in [0.4, 0.5) is 5.82 Å². The second-order valence-electron chi connectivity index (χ2n) is 5.43. The number of aromatic nitrogens is 2. The van der Waals surface area contributed by atoms with Gasteiger partial charge in [-0.05, 0) is 33.2 Å². The minimum atomic E-state index is 0.643. The number of hydrogen-bond donors (Lipinski definition) is 0. The van der Waals surface area contributed by atoms with Crippen molar-refractivity contribution in [3.8, 4) is 5.88 Å². The van der Waals surface area contributed by atoms with Crippen LogP contribution < -0.4 is 9.64 Å². The Morgan fingerprint density at radius 2 is 2.11 bits per heavy atom. The van der Waals surface area contributed by atoms with Gasteiger partial charge in [0.05, 0.1) is 6.61 Å². The number of hydrogen-bond acceptors (Lipinski definition) is 5. The van der Waals surface area contributed by atoms with Crippen molar-refractivity contribution in [3.05, 3.63) is 12.4 Å². The molecule has 2 saturated heterocycles. The lowest BCUT2D eigenvalue weighted by atomic mass is 10.1. The van der Waals surface area contributed by atoms with Gasteiger partial charge in [-0.1, -0.05) is 0 Å². The van der Waals surface area contributed by atoms with Crippen LogP contribution in [0.5, 0.6) is 5.88 Å². The zero-order valence-corrected chi connectivity index (χ0v) is 11.7. The van der Waals surface area contributed by atoms with Crippen LogP contribution in [0.25, 0.3) is 0 Å². The molecule has 0 aliphatic carbocycles. The van der Waals surface area contributed by atoms with Gasteiger partial charge in [-0.25, -0.2) is 9.97 Å². The summed E-state index contributed by atoms with van der Waals surface area (Å²) in [5, 5.41) is 0. The molecule has 2 unspecified atom stereocenters. The van der Waals surface area contributed by atoms with Crippen LogP contribution in [0.15, 0.2) is 12.4 Å². The molecule has 5 heteroatoms. The van der Waals surface area contributed by atoms with Crippen molar-refractivity contribution >= 4 is 5.82 Å². The topological polar surface area (TPSA) is 41.5 Å². The van der Waals surface area contributed by atoms with E-state index in [0.717, 1.165) is 24.9 Å². The molecule has 3 heterocycles. The van der Waals surface area contributed by atoms with E-state index in [0.29, 0.717) is 18.5 Å². The third kappa shape index (κ3) is 2.52. The first kappa shape index (κ1) is 12.7. The van der Waals surface area contributed by atoms with Crippen LogP contribution in [0.1, 0.15) is 26.2 Å². The molecular weight excluding hydrogens is 240 g/mol. The van der Waals surface area contributed by atoms with Gasteiger partial charge in [0.2, 0.25) is 5.88 Å². The molecule has 2 atom stereocenters. The molecule has 3 rings (SSSR count). The molecule has 0 saturated carbocycles. The van der Waals surface area contributed by atoms with Crippen molar-refractivity contribution < 1.29 is 4.74 Å². The van der Waals surface area contributed by atoms with Crippen LogP contribution in [-0.4, -0.2) is 53.7 Å². The second-order valence-corrected chi connectivity index (χ2v) is 5.43. The summed E-state index contributed by atoms with van der Waals surface area (Å²) in [7, 11) is 2.26. The zero-order chi connectivity index (χ0) is 13.2. The molecular formula is C14H22N4O. The van der Waals surface area contributed by atoms with Crippen LogP contribution >= 0.6 is 0 Å². The van der Waals surface area contributed by atoms with Crippen molar-refractivity contribution in [1.82, 2.24) is 14.9 Å². The van der Waals surface area contributed by atoms with E-state index in [-0.39, 0.29) is 0 Å². The molecule has 2 fully saturated rings. The minimum absolute atomic E-state index is 0.643.